The monoisotopic (exact) mass is 316 g/mol. The van der Waals surface area contributed by atoms with E-state index in [0.29, 0.717) is 18.5 Å². The Balaban J connectivity index is 1.30. The standard InChI is InChI=1S/C17H21FN4O/c18-11-1-2-13-14(9-11)22-15(21-13)3-6-20-16(23)12-10-17(12)4-7-19-8-5-17/h1-2,9,12,19H,3-8,10H2,(H,20,23)(H,21,22). The first-order valence-electron chi connectivity index (χ1n) is 8.29. The highest BCUT2D eigenvalue weighted by Gasteiger charge is 2.57. The van der Waals surface area contributed by atoms with Crippen LogP contribution in [0.1, 0.15) is 25.1 Å². The van der Waals surface area contributed by atoms with E-state index in [-0.39, 0.29) is 23.1 Å². The molecule has 2 fully saturated rings. The summed E-state index contributed by atoms with van der Waals surface area (Å²) in [5.41, 5.74) is 1.72. The van der Waals surface area contributed by atoms with Gasteiger partial charge in [0.1, 0.15) is 11.6 Å². The topological polar surface area (TPSA) is 69.8 Å². The lowest BCUT2D eigenvalue weighted by atomic mass is 9.92. The minimum absolute atomic E-state index is 0.175. The first kappa shape index (κ1) is 14.6. The molecule has 1 aliphatic heterocycles. The first-order valence-corrected chi connectivity index (χ1v) is 8.29. The van der Waals surface area contributed by atoms with E-state index < -0.39 is 0 Å². The Hall–Kier alpha value is -1.95. The van der Waals surface area contributed by atoms with Crippen molar-refractivity contribution < 1.29 is 9.18 Å². The van der Waals surface area contributed by atoms with Crippen molar-refractivity contribution in [3.63, 3.8) is 0 Å². The third-order valence-corrected chi connectivity index (χ3v) is 5.26. The summed E-state index contributed by atoms with van der Waals surface area (Å²) in [7, 11) is 0. The number of halogens is 1. The maximum atomic E-state index is 13.2. The number of carbonyl (C=O) groups is 1. The average Bonchev–Trinajstić information content (AvgIpc) is 3.07. The molecule has 6 heteroatoms. The van der Waals surface area contributed by atoms with Crippen LogP contribution in [0, 0.1) is 17.2 Å². The van der Waals surface area contributed by atoms with E-state index in [1.165, 1.54) is 12.1 Å². The number of hydrogen-bond donors (Lipinski definition) is 3. The molecular weight excluding hydrogens is 295 g/mol. The zero-order chi connectivity index (χ0) is 15.9. The van der Waals surface area contributed by atoms with E-state index >= 15 is 0 Å². The maximum Gasteiger partial charge on any atom is 0.223 e. The minimum atomic E-state index is -0.276. The molecule has 2 heterocycles. The number of imidazole rings is 1. The van der Waals surface area contributed by atoms with Gasteiger partial charge in [0.15, 0.2) is 0 Å². The number of amides is 1. The molecule has 1 saturated heterocycles. The summed E-state index contributed by atoms with van der Waals surface area (Å²) >= 11 is 0. The Bertz CT molecular complexity index is 735. The first-order chi connectivity index (χ1) is 11.2. The number of aromatic amines is 1. The SMILES string of the molecule is O=C(NCCc1nc2ccc(F)cc2[nH]1)C1CC12CCNCC2. The highest BCUT2D eigenvalue weighted by molar-refractivity contribution is 5.82. The van der Waals surface area contributed by atoms with Crippen LogP contribution >= 0.6 is 0 Å². The van der Waals surface area contributed by atoms with Crippen LogP contribution in [0.5, 0.6) is 0 Å². The number of aromatic nitrogens is 2. The van der Waals surface area contributed by atoms with Gasteiger partial charge in [-0.15, -0.1) is 0 Å². The smallest absolute Gasteiger partial charge is 0.223 e. The number of benzene rings is 1. The lowest BCUT2D eigenvalue weighted by molar-refractivity contribution is -0.123. The molecule has 4 rings (SSSR count). The van der Waals surface area contributed by atoms with Crippen molar-refractivity contribution in [3.8, 4) is 0 Å². The van der Waals surface area contributed by atoms with Crippen LogP contribution in [0.25, 0.3) is 11.0 Å². The van der Waals surface area contributed by atoms with Crippen LogP contribution in [0.3, 0.4) is 0 Å². The molecule has 1 aliphatic carbocycles. The number of carbonyl (C=O) groups excluding carboxylic acids is 1. The zero-order valence-electron chi connectivity index (χ0n) is 13.0. The van der Waals surface area contributed by atoms with Crippen molar-refractivity contribution in [2.45, 2.75) is 25.7 Å². The third-order valence-electron chi connectivity index (χ3n) is 5.26. The fourth-order valence-electron chi connectivity index (χ4n) is 3.78. The van der Waals surface area contributed by atoms with E-state index in [9.17, 15) is 9.18 Å². The molecule has 3 N–H and O–H groups in total. The highest BCUT2D eigenvalue weighted by atomic mass is 19.1. The molecule has 1 unspecified atom stereocenters. The van der Waals surface area contributed by atoms with Gasteiger partial charge in [0, 0.05) is 18.9 Å². The summed E-state index contributed by atoms with van der Waals surface area (Å²) < 4.78 is 13.2. The number of rotatable bonds is 4. The number of nitrogens with one attached hydrogen (secondary N) is 3. The summed E-state index contributed by atoms with van der Waals surface area (Å²) in [5.74, 6) is 0.865. The Morgan fingerprint density at radius 1 is 1.39 bits per heavy atom. The van der Waals surface area contributed by atoms with Gasteiger partial charge in [0.2, 0.25) is 5.91 Å². The third kappa shape index (κ3) is 2.83. The zero-order valence-corrected chi connectivity index (χ0v) is 13.0. The van der Waals surface area contributed by atoms with Gasteiger partial charge < -0.3 is 15.6 Å². The number of H-pyrrole nitrogens is 1. The second kappa shape index (κ2) is 5.60. The van der Waals surface area contributed by atoms with E-state index in [2.05, 4.69) is 20.6 Å². The maximum absolute atomic E-state index is 13.2. The summed E-state index contributed by atoms with van der Waals surface area (Å²) in [4.78, 5) is 19.8. The van der Waals surface area contributed by atoms with Crippen LogP contribution < -0.4 is 10.6 Å². The molecule has 5 nitrogen and oxygen atoms in total. The quantitative estimate of drug-likeness (QED) is 0.805. The normalized spacial score (nSPS) is 22.4. The Morgan fingerprint density at radius 2 is 2.22 bits per heavy atom. The summed E-state index contributed by atoms with van der Waals surface area (Å²) in [5, 5.41) is 6.38. The van der Waals surface area contributed by atoms with Crippen LogP contribution in [0.2, 0.25) is 0 Å². The molecule has 0 bridgehead atoms. The van der Waals surface area contributed by atoms with Crippen LogP contribution in [-0.2, 0) is 11.2 Å². The van der Waals surface area contributed by atoms with Crippen molar-refractivity contribution >= 4 is 16.9 Å². The second-order valence-electron chi connectivity index (χ2n) is 6.76. The Labute approximate surface area is 134 Å². The lowest BCUT2D eigenvalue weighted by Gasteiger charge is -2.23. The van der Waals surface area contributed by atoms with Crippen molar-refractivity contribution in [3.05, 3.63) is 29.8 Å². The predicted octanol–water partition coefficient (Wildman–Crippen LogP) is 1.75. The molecule has 0 radical (unpaired) electrons. The molecule has 1 amide bonds. The molecule has 23 heavy (non-hydrogen) atoms. The van der Waals surface area contributed by atoms with Gasteiger partial charge in [0.25, 0.3) is 0 Å². The number of piperidine rings is 1. The van der Waals surface area contributed by atoms with Crippen molar-refractivity contribution in [2.75, 3.05) is 19.6 Å². The van der Waals surface area contributed by atoms with Crippen LogP contribution in [-0.4, -0.2) is 35.5 Å². The van der Waals surface area contributed by atoms with Crippen molar-refractivity contribution in [2.24, 2.45) is 11.3 Å². The van der Waals surface area contributed by atoms with E-state index in [4.69, 9.17) is 0 Å². The molecule has 122 valence electrons. The molecule has 1 spiro atoms. The largest absolute Gasteiger partial charge is 0.355 e. The van der Waals surface area contributed by atoms with E-state index in [1.54, 1.807) is 6.07 Å². The molecule has 1 aromatic heterocycles. The van der Waals surface area contributed by atoms with Gasteiger partial charge in [-0.25, -0.2) is 9.37 Å². The predicted molar refractivity (Wildman–Crippen MR) is 85.4 cm³/mol. The molecule has 1 atom stereocenters. The number of hydrogen-bond acceptors (Lipinski definition) is 3. The van der Waals surface area contributed by atoms with Crippen molar-refractivity contribution in [1.29, 1.82) is 0 Å². The molecular formula is C17H21FN4O. The fourth-order valence-corrected chi connectivity index (χ4v) is 3.78. The van der Waals surface area contributed by atoms with Gasteiger partial charge in [0.05, 0.1) is 11.0 Å². The van der Waals surface area contributed by atoms with Gasteiger partial charge in [-0.2, -0.15) is 0 Å². The Morgan fingerprint density at radius 3 is 3.04 bits per heavy atom. The summed E-state index contributed by atoms with van der Waals surface area (Å²) in [6.45, 7) is 2.62. The highest BCUT2D eigenvalue weighted by Crippen LogP contribution is 2.58. The van der Waals surface area contributed by atoms with E-state index in [0.717, 1.165) is 43.7 Å². The molecule has 1 aromatic carbocycles. The van der Waals surface area contributed by atoms with Crippen LogP contribution in [0.4, 0.5) is 4.39 Å². The lowest BCUT2D eigenvalue weighted by Crippen LogP contribution is -2.34. The summed E-state index contributed by atoms with van der Waals surface area (Å²) in [6, 6.07) is 4.50. The van der Waals surface area contributed by atoms with Crippen molar-refractivity contribution in [1.82, 2.24) is 20.6 Å². The average molecular weight is 316 g/mol. The second-order valence-corrected chi connectivity index (χ2v) is 6.76. The van der Waals surface area contributed by atoms with Crippen LogP contribution in [0.15, 0.2) is 18.2 Å². The fraction of sp³-hybridized carbons (Fsp3) is 0.529. The molecule has 1 saturated carbocycles. The molecule has 2 aliphatic rings. The number of nitrogens with zero attached hydrogens (tertiary/aromatic N) is 1. The summed E-state index contributed by atoms with van der Waals surface area (Å²) in [6.07, 6.45) is 3.88. The minimum Gasteiger partial charge on any atom is -0.355 e. The van der Waals surface area contributed by atoms with Gasteiger partial charge in [-0.1, -0.05) is 0 Å². The van der Waals surface area contributed by atoms with Gasteiger partial charge in [-0.05, 0) is 56.0 Å². The Kier molecular flexibility index (Phi) is 3.56. The van der Waals surface area contributed by atoms with E-state index in [1.807, 2.05) is 0 Å². The van der Waals surface area contributed by atoms with Gasteiger partial charge >= 0.3 is 0 Å². The molecule has 2 aromatic rings. The van der Waals surface area contributed by atoms with Gasteiger partial charge in [-0.3, -0.25) is 4.79 Å². The number of fused-ring (bicyclic) bond motifs is 1.